The van der Waals surface area contributed by atoms with Crippen molar-refractivity contribution in [2.75, 3.05) is 23.3 Å². The number of hydrogen-bond donors (Lipinski definition) is 1. The number of nitrogens with zero attached hydrogens (tertiary/aromatic N) is 1. The fourth-order valence-electron chi connectivity index (χ4n) is 2.10. The molecule has 1 amide bonds. The van der Waals surface area contributed by atoms with E-state index in [1.807, 2.05) is 48.5 Å². The zero-order chi connectivity index (χ0) is 15.1. The standard InChI is InChI=1S/C17H20N2O2/c1-3-19(4-2)15-11-8-12-16(13-15)21-17(20)18-14-9-6-5-7-10-14/h5-13H,3-4H2,1-2H3,(H,18,20). The fourth-order valence-corrected chi connectivity index (χ4v) is 2.10. The molecule has 110 valence electrons. The summed E-state index contributed by atoms with van der Waals surface area (Å²) in [5.74, 6) is 0.535. The SMILES string of the molecule is CCN(CC)c1cccc(OC(=O)Nc2ccccc2)c1. The molecule has 21 heavy (non-hydrogen) atoms. The maximum atomic E-state index is 11.9. The molecule has 0 aliphatic carbocycles. The zero-order valence-corrected chi connectivity index (χ0v) is 12.4. The number of para-hydroxylation sites is 1. The number of ether oxygens (including phenoxy) is 1. The predicted octanol–water partition coefficient (Wildman–Crippen LogP) is 4.14. The van der Waals surface area contributed by atoms with Crippen LogP contribution in [-0.4, -0.2) is 19.2 Å². The lowest BCUT2D eigenvalue weighted by atomic mass is 10.2. The summed E-state index contributed by atoms with van der Waals surface area (Å²) in [5.41, 5.74) is 1.76. The first-order valence-electron chi connectivity index (χ1n) is 7.11. The molecule has 4 nitrogen and oxygen atoms in total. The van der Waals surface area contributed by atoms with E-state index < -0.39 is 6.09 Å². The van der Waals surface area contributed by atoms with Gasteiger partial charge < -0.3 is 9.64 Å². The van der Waals surface area contributed by atoms with E-state index in [4.69, 9.17) is 4.74 Å². The Morgan fingerprint density at radius 3 is 2.43 bits per heavy atom. The number of benzene rings is 2. The van der Waals surface area contributed by atoms with Gasteiger partial charge in [-0.2, -0.15) is 0 Å². The van der Waals surface area contributed by atoms with E-state index in [1.54, 1.807) is 6.07 Å². The third-order valence-electron chi connectivity index (χ3n) is 3.18. The number of anilines is 2. The van der Waals surface area contributed by atoms with E-state index in [9.17, 15) is 4.79 Å². The van der Waals surface area contributed by atoms with E-state index in [1.165, 1.54) is 0 Å². The van der Waals surface area contributed by atoms with E-state index >= 15 is 0 Å². The van der Waals surface area contributed by atoms with Gasteiger partial charge in [-0.15, -0.1) is 0 Å². The maximum Gasteiger partial charge on any atom is 0.417 e. The van der Waals surface area contributed by atoms with E-state index in [-0.39, 0.29) is 0 Å². The smallest absolute Gasteiger partial charge is 0.410 e. The van der Waals surface area contributed by atoms with Crippen molar-refractivity contribution in [3.05, 3.63) is 54.6 Å². The highest BCUT2D eigenvalue weighted by Gasteiger charge is 2.07. The Morgan fingerprint density at radius 1 is 1.05 bits per heavy atom. The first-order valence-corrected chi connectivity index (χ1v) is 7.11. The monoisotopic (exact) mass is 284 g/mol. The molecule has 0 saturated carbocycles. The summed E-state index contributed by atoms with van der Waals surface area (Å²) in [6, 6.07) is 16.8. The predicted molar refractivity (Wildman–Crippen MR) is 86.1 cm³/mol. The molecule has 0 bridgehead atoms. The van der Waals surface area contributed by atoms with Crippen LogP contribution in [0.3, 0.4) is 0 Å². The second kappa shape index (κ2) is 7.33. The molecule has 0 saturated heterocycles. The summed E-state index contributed by atoms with van der Waals surface area (Å²) in [7, 11) is 0. The highest BCUT2D eigenvalue weighted by Crippen LogP contribution is 2.21. The quantitative estimate of drug-likeness (QED) is 0.897. The number of nitrogens with one attached hydrogen (secondary N) is 1. The summed E-state index contributed by atoms with van der Waals surface area (Å²) >= 11 is 0. The molecule has 1 N–H and O–H groups in total. The minimum Gasteiger partial charge on any atom is -0.410 e. The van der Waals surface area contributed by atoms with Crippen molar-refractivity contribution < 1.29 is 9.53 Å². The van der Waals surface area contributed by atoms with Crippen molar-refractivity contribution in [3.63, 3.8) is 0 Å². The van der Waals surface area contributed by atoms with Crippen LogP contribution in [0.5, 0.6) is 5.75 Å². The van der Waals surface area contributed by atoms with Crippen molar-refractivity contribution in [1.29, 1.82) is 0 Å². The van der Waals surface area contributed by atoms with Crippen molar-refractivity contribution in [2.45, 2.75) is 13.8 Å². The molecular formula is C17H20N2O2. The number of rotatable bonds is 5. The van der Waals surface area contributed by atoms with Crippen LogP contribution in [0.1, 0.15) is 13.8 Å². The fraction of sp³-hybridized carbons (Fsp3) is 0.235. The largest absolute Gasteiger partial charge is 0.417 e. The van der Waals surface area contributed by atoms with Crippen molar-refractivity contribution in [3.8, 4) is 5.75 Å². The maximum absolute atomic E-state index is 11.9. The van der Waals surface area contributed by atoms with Crippen LogP contribution < -0.4 is 15.0 Å². The topological polar surface area (TPSA) is 41.6 Å². The second-order valence-electron chi connectivity index (χ2n) is 4.55. The van der Waals surface area contributed by atoms with Gasteiger partial charge in [-0.1, -0.05) is 24.3 Å². The Hall–Kier alpha value is -2.49. The van der Waals surface area contributed by atoms with Crippen LogP contribution >= 0.6 is 0 Å². The number of carbonyl (C=O) groups is 1. The average molecular weight is 284 g/mol. The molecule has 0 unspecified atom stereocenters. The van der Waals surface area contributed by atoms with Crippen LogP contribution in [-0.2, 0) is 0 Å². The van der Waals surface area contributed by atoms with Gasteiger partial charge in [0.2, 0.25) is 0 Å². The lowest BCUT2D eigenvalue weighted by molar-refractivity contribution is 0.215. The van der Waals surface area contributed by atoms with Crippen molar-refractivity contribution >= 4 is 17.5 Å². The van der Waals surface area contributed by atoms with Gasteiger partial charge in [-0.25, -0.2) is 4.79 Å². The van der Waals surface area contributed by atoms with Gasteiger partial charge in [0.25, 0.3) is 0 Å². The summed E-state index contributed by atoms with van der Waals surface area (Å²) in [5, 5.41) is 2.69. The molecule has 0 aliphatic heterocycles. The van der Waals surface area contributed by atoms with Gasteiger partial charge in [0, 0.05) is 30.5 Å². The van der Waals surface area contributed by atoms with Crippen LogP contribution in [0.15, 0.2) is 54.6 Å². The summed E-state index contributed by atoms with van der Waals surface area (Å²) in [4.78, 5) is 14.1. The summed E-state index contributed by atoms with van der Waals surface area (Å²) < 4.78 is 5.32. The highest BCUT2D eigenvalue weighted by atomic mass is 16.6. The molecule has 0 aliphatic rings. The Kier molecular flexibility index (Phi) is 5.21. The molecule has 2 rings (SSSR count). The van der Waals surface area contributed by atoms with Crippen LogP contribution in [0.25, 0.3) is 0 Å². The molecule has 0 radical (unpaired) electrons. The Balaban J connectivity index is 2.02. The number of carbonyl (C=O) groups excluding carboxylic acids is 1. The van der Waals surface area contributed by atoms with E-state index in [0.717, 1.165) is 18.8 Å². The molecule has 0 atom stereocenters. The summed E-state index contributed by atoms with van der Waals surface area (Å²) in [6.45, 7) is 6.02. The number of amides is 1. The third kappa shape index (κ3) is 4.24. The van der Waals surface area contributed by atoms with Gasteiger partial charge in [0.05, 0.1) is 0 Å². The molecular weight excluding hydrogens is 264 g/mol. The first kappa shape index (κ1) is 14.9. The van der Waals surface area contributed by atoms with Crippen LogP contribution in [0, 0.1) is 0 Å². The van der Waals surface area contributed by atoms with E-state index in [0.29, 0.717) is 11.4 Å². The van der Waals surface area contributed by atoms with Gasteiger partial charge in [-0.05, 0) is 38.1 Å². The van der Waals surface area contributed by atoms with Crippen molar-refractivity contribution in [1.82, 2.24) is 0 Å². The molecule has 0 aromatic heterocycles. The highest BCUT2D eigenvalue weighted by molar-refractivity contribution is 5.86. The molecule has 0 fully saturated rings. The molecule has 0 heterocycles. The van der Waals surface area contributed by atoms with E-state index in [2.05, 4.69) is 24.1 Å². The van der Waals surface area contributed by atoms with Gasteiger partial charge >= 0.3 is 6.09 Å². The molecule has 2 aromatic rings. The molecule has 2 aromatic carbocycles. The Labute approximate surface area is 125 Å². The second-order valence-corrected chi connectivity index (χ2v) is 4.55. The number of hydrogen-bond acceptors (Lipinski definition) is 3. The van der Waals surface area contributed by atoms with Gasteiger partial charge in [-0.3, -0.25) is 5.32 Å². The summed E-state index contributed by atoms with van der Waals surface area (Å²) in [6.07, 6.45) is -0.488. The van der Waals surface area contributed by atoms with Gasteiger partial charge in [0.15, 0.2) is 0 Å². The minimum atomic E-state index is -0.488. The third-order valence-corrected chi connectivity index (χ3v) is 3.18. The molecule has 4 heteroatoms. The van der Waals surface area contributed by atoms with Crippen LogP contribution in [0.4, 0.5) is 16.2 Å². The zero-order valence-electron chi connectivity index (χ0n) is 12.4. The van der Waals surface area contributed by atoms with Gasteiger partial charge in [0.1, 0.15) is 5.75 Å². The lowest BCUT2D eigenvalue weighted by Gasteiger charge is -2.21. The normalized spacial score (nSPS) is 10.0. The Bertz CT molecular complexity index is 580. The average Bonchev–Trinajstić information content (AvgIpc) is 2.50. The molecule has 0 spiro atoms. The van der Waals surface area contributed by atoms with Crippen molar-refractivity contribution in [2.24, 2.45) is 0 Å². The first-order chi connectivity index (χ1) is 10.2. The Morgan fingerprint density at radius 2 is 1.76 bits per heavy atom. The minimum absolute atomic E-state index is 0.488. The van der Waals surface area contributed by atoms with Crippen LogP contribution in [0.2, 0.25) is 0 Å². The lowest BCUT2D eigenvalue weighted by Crippen LogP contribution is -2.22.